The van der Waals surface area contributed by atoms with Crippen LogP contribution in [-0.2, 0) is 0 Å². The van der Waals surface area contributed by atoms with Gasteiger partial charge >= 0.3 is 0 Å². The third-order valence-corrected chi connectivity index (χ3v) is 3.38. The number of benzene rings is 1. The number of nitrogens with zero attached hydrogens (tertiary/aromatic N) is 1. The first kappa shape index (κ1) is 17.7. The number of nitrogens with one attached hydrogen (secondary N) is 2. The third-order valence-electron chi connectivity index (χ3n) is 3.09. The summed E-state index contributed by atoms with van der Waals surface area (Å²) in [6, 6.07) is 9.94. The molecule has 0 saturated heterocycles. The first-order valence-electron chi connectivity index (χ1n) is 7.51. The number of carbonyl (C=O) groups is 2. The Balaban J connectivity index is 1.79. The predicted molar refractivity (Wildman–Crippen MR) is 91.5 cm³/mol. The van der Waals surface area contributed by atoms with Crippen LogP contribution < -0.4 is 15.4 Å². The van der Waals surface area contributed by atoms with Crippen LogP contribution in [0.5, 0.6) is 5.75 Å². The Kier molecular flexibility index (Phi) is 6.57. The molecule has 2 rings (SSSR count). The normalized spacial score (nSPS) is 10.1. The minimum absolute atomic E-state index is 0.271. The Morgan fingerprint density at radius 1 is 1.12 bits per heavy atom. The molecule has 0 unspecified atom stereocenters. The summed E-state index contributed by atoms with van der Waals surface area (Å²) in [5.74, 6) is -0.0145. The molecule has 126 valence electrons. The van der Waals surface area contributed by atoms with Gasteiger partial charge in [-0.1, -0.05) is 17.7 Å². The molecule has 7 heteroatoms. The SMILES string of the molecule is CCOc1ccc(C(=O)NCCNC(=O)c2ccccn2)cc1Cl. The van der Waals surface area contributed by atoms with Crippen LogP contribution in [-0.4, -0.2) is 36.5 Å². The van der Waals surface area contributed by atoms with Gasteiger partial charge in [-0.15, -0.1) is 0 Å². The molecule has 0 aliphatic rings. The van der Waals surface area contributed by atoms with Crippen LogP contribution in [0.25, 0.3) is 0 Å². The zero-order valence-electron chi connectivity index (χ0n) is 13.2. The minimum atomic E-state index is -0.283. The van der Waals surface area contributed by atoms with Crippen molar-refractivity contribution in [2.75, 3.05) is 19.7 Å². The van der Waals surface area contributed by atoms with E-state index in [0.29, 0.717) is 41.7 Å². The maximum atomic E-state index is 12.0. The molecular weight excluding hydrogens is 330 g/mol. The van der Waals surface area contributed by atoms with E-state index in [1.54, 1.807) is 42.6 Å². The van der Waals surface area contributed by atoms with Crippen molar-refractivity contribution >= 4 is 23.4 Å². The van der Waals surface area contributed by atoms with Crippen LogP contribution in [0.4, 0.5) is 0 Å². The monoisotopic (exact) mass is 347 g/mol. The molecule has 0 saturated carbocycles. The van der Waals surface area contributed by atoms with Crippen molar-refractivity contribution in [1.29, 1.82) is 0 Å². The third kappa shape index (κ3) is 4.96. The lowest BCUT2D eigenvalue weighted by molar-refractivity contribution is 0.0925. The van der Waals surface area contributed by atoms with Crippen molar-refractivity contribution in [2.45, 2.75) is 6.92 Å². The van der Waals surface area contributed by atoms with Gasteiger partial charge in [0.25, 0.3) is 11.8 Å². The van der Waals surface area contributed by atoms with Crippen molar-refractivity contribution in [3.05, 3.63) is 58.9 Å². The average molecular weight is 348 g/mol. The average Bonchev–Trinajstić information content (AvgIpc) is 2.61. The highest BCUT2D eigenvalue weighted by Crippen LogP contribution is 2.25. The number of carbonyl (C=O) groups excluding carboxylic acids is 2. The highest BCUT2D eigenvalue weighted by Gasteiger charge is 2.09. The molecule has 0 aliphatic carbocycles. The molecule has 0 radical (unpaired) electrons. The van der Waals surface area contributed by atoms with Gasteiger partial charge in [0.1, 0.15) is 11.4 Å². The molecule has 0 aliphatic heterocycles. The summed E-state index contributed by atoms with van der Waals surface area (Å²) in [5, 5.41) is 5.77. The van der Waals surface area contributed by atoms with E-state index in [1.807, 2.05) is 6.92 Å². The van der Waals surface area contributed by atoms with Gasteiger partial charge in [0, 0.05) is 24.8 Å². The summed E-state index contributed by atoms with van der Waals surface area (Å²) in [7, 11) is 0. The lowest BCUT2D eigenvalue weighted by atomic mass is 10.2. The smallest absolute Gasteiger partial charge is 0.269 e. The summed E-state index contributed by atoms with van der Waals surface area (Å²) in [4.78, 5) is 27.8. The number of rotatable bonds is 7. The quantitative estimate of drug-likeness (QED) is 0.753. The van der Waals surface area contributed by atoms with Crippen molar-refractivity contribution in [1.82, 2.24) is 15.6 Å². The van der Waals surface area contributed by atoms with E-state index in [9.17, 15) is 9.59 Å². The lowest BCUT2D eigenvalue weighted by Gasteiger charge is -2.09. The molecule has 0 spiro atoms. The Morgan fingerprint density at radius 3 is 2.50 bits per heavy atom. The Labute approximate surface area is 145 Å². The first-order valence-corrected chi connectivity index (χ1v) is 7.89. The number of pyridine rings is 1. The molecule has 2 N–H and O–H groups in total. The minimum Gasteiger partial charge on any atom is -0.492 e. The van der Waals surface area contributed by atoms with Gasteiger partial charge in [0.05, 0.1) is 11.6 Å². The van der Waals surface area contributed by atoms with Gasteiger partial charge in [-0.05, 0) is 37.3 Å². The molecule has 1 aromatic carbocycles. The number of halogens is 1. The Hall–Kier alpha value is -2.60. The summed E-state index contributed by atoms with van der Waals surface area (Å²) in [6.45, 7) is 2.95. The Morgan fingerprint density at radius 2 is 1.88 bits per heavy atom. The van der Waals surface area contributed by atoms with Crippen LogP contribution >= 0.6 is 11.6 Å². The van der Waals surface area contributed by atoms with E-state index in [1.165, 1.54) is 0 Å². The van der Waals surface area contributed by atoms with E-state index in [4.69, 9.17) is 16.3 Å². The zero-order valence-corrected chi connectivity index (χ0v) is 14.0. The van der Waals surface area contributed by atoms with Crippen molar-refractivity contribution in [2.24, 2.45) is 0 Å². The first-order chi connectivity index (χ1) is 11.6. The molecule has 2 aromatic rings. The molecule has 1 heterocycles. The standard InChI is InChI=1S/C17H18ClN3O3/c1-2-24-15-7-6-12(11-13(15)18)16(22)20-9-10-21-17(23)14-5-3-4-8-19-14/h3-8,11H,2,9-10H2,1H3,(H,20,22)(H,21,23). The van der Waals surface area contributed by atoms with E-state index in [-0.39, 0.29) is 11.8 Å². The maximum absolute atomic E-state index is 12.0. The van der Waals surface area contributed by atoms with Gasteiger partial charge in [0.2, 0.25) is 0 Å². The van der Waals surface area contributed by atoms with Crippen LogP contribution in [0.15, 0.2) is 42.6 Å². The molecular formula is C17H18ClN3O3. The molecule has 0 bridgehead atoms. The van der Waals surface area contributed by atoms with Crippen molar-refractivity contribution in [3.8, 4) is 5.75 Å². The second kappa shape index (κ2) is 8.88. The zero-order chi connectivity index (χ0) is 17.4. The fraction of sp³-hybridized carbons (Fsp3) is 0.235. The second-order valence-electron chi connectivity index (χ2n) is 4.80. The number of hydrogen-bond donors (Lipinski definition) is 2. The molecule has 2 amide bonds. The molecule has 6 nitrogen and oxygen atoms in total. The fourth-order valence-corrected chi connectivity index (χ4v) is 2.19. The van der Waals surface area contributed by atoms with E-state index >= 15 is 0 Å². The van der Waals surface area contributed by atoms with Crippen LogP contribution in [0, 0.1) is 0 Å². The maximum Gasteiger partial charge on any atom is 0.269 e. The van der Waals surface area contributed by atoms with Gasteiger partial charge in [-0.2, -0.15) is 0 Å². The van der Waals surface area contributed by atoms with Crippen LogP contribution in [0.2, 0.25) is 5.02 Å². The highest BCUT2D eigenvalue weighted by atomic mass is 35.5. The number of ether oxygens (including phenoxy) is 1. The molecule has 0 atom stereocenters. The second-order valence-corrected chi connectivity index (χ2v) is 5.21. The fourth-order valence-electron chi connectivity index (χ4n) is 1.96. The van der Waals surface area contributed by atoms with Gasteiger partial charge in [-0.3, -0.25) is 14.6 Å². The topological polar surface area (TPSA) is 80.3 Å². The van der Waals surface area contributed by atoms with Crippen LogP contribution in [0.1, 0.15) is 27.8 Å². The number of hydrogen-bond acceptors (Lipinski definition) is 4. The largest absolute Gasteiger partial charge is 0.492 e. The van der Waals surface area contributed by atoms with Crippen molar-refractivity contribution in [3.63, 3.8) is 0 Å². The molecule has 0 fully saturated rings. The van der Waals surface area contributed by atoms with Gasteiger partial charge in [0.15, 0.2) is 0 Å². The molecule has 1 aromatic heterocycles. The van der Waals surface area contributed by atoms with Crippen LogP contribution in [0.3, 0.4) is 0 Å². The van der Waals surface area contributed by atoms with Gasteiger partial charge in [-0.25, -0.2) is 0 Å². The summed E-state index contributed by atoms with van der Waals surface area (Å²) < 4.78 is 5.32. The highest BCUT2D eigenvalue weighted by molar-refractivity contribution is 6.32. The van der Waals surface area contributed by atoms with Crippen molar-refractivity contribution < 1.29 is 14.3 Å². The van der Waals surface area contributed by atoms with E-state index < -0.39 is 0 Å². The number of amides is 2. The van der Waals surface area contributed by atoms with Gasteiger partial charge < -0.3 is 15.4 Å². The lowest BCUT2D eigenvalue weighted by Crippen LogP contribution is -2.35. The summed E-state index contributed by atoms with van der Waals surface area (Å²) >= 11 is 6.05. The number of aromatic nitrogens is 1. The Bertz CT molecular complexity index is 707. The molecule has 24 heavy (non-hydrogen) atoms. The summed E-state index contributed by atoms with van der Waals surface area (Å²) in [5.41, 5.74) is 0.765. The summed E-state index contributed by atoms with van der Waals surface area (Å²) in [6.07, 6.45) is 1.55. The predicted octanol–water partition coefficient (Wildman–Crippen LogP) is 2.29. The van der Waals surface area contributed by atoms with E-state index in [2.05, 4.69) is 15.6 Å². The van der Waals surface area contributed by atoms with E-state index in [0.717, 1.165) is 0 Å².